The molecule has 0 amide bonds. The van der Waals surface area contributed by atoms with Gasteiger partial charge in [0.25, 0.3) is 0 Å². The fourth-order valence-corrected chi connectivity index (χ4v) is 7.00. The van der Waals surface area contributed by atoms with E-state index in [2.05, 4.69) is 11.8 Å². The summed E-state index contributed by atoms with van der Waals surface area (Å²) in [7, 11) is -17.1. The SMILES string of the molecule is O=S(=O)([O-])c1cccc(P(c2cccc(S(=O)(=O)[O-])c2)c2cccc(S(=O)(=O)[O-])c2)c1.[3H]P([3H])P=S. The lowest BCUT2D eigenvalue weighted by atomic mass is 10.3. The van der Waals surface area contributed by atoms with Crippen molar-refractivity contribution in [2.45, 2.75) is 14.7 Å². The molecule has 0 aliphatic heterocycles. The van der Waals surface area contributed by atoms with E-state index in [1.807, 2.05) is 0 Å². The topological polar surface area (TPSA) is 172 Å². The van der Waals surface area contributed by atoms with Gasteiger partial charge >= 0.3 is 0 Å². The van der Waals surface area contributed by atoms with Crippen molar-refractivity contribution in [3.05, 3.63) is 72.8 Å². The highest BCUT2D eigenvalue weighted by Crippen LogP contribution is 2.34. The summed E-state index contributed by atoms with van der Waals surface area (Å²) in [6.45, 7) is 0. The first kappa shape index (κ1) is 25.9. The minimum atomic E-state index is -4.82. The number of hydrogen-bond donors (Lipinski definition) is 0. The van der Waals surface area contributed by atoms with E-state index in [-0.39, 0.29) is 15.9 Å². The lowest BCUT2D eigenvalue weighted by molar-refractivity contribution is 0.461. The molecule has 3 aromatic rings. The van der Waals surface area contributed by atoms with Gasteiger partial charge in [-0.15, -0.1) is 0 Å². The maximum absolute atomic E-state index is 11.5. The van der Waals surface area contributed by atoms with E-state index in [9.17, 15) is 38.9 Å². The van der Waals surface area contributed by atoms with Gasteiger partial charge < -0.3 is 13.7 Å². The van der Waals surface area contributed by atoms with Gasteiger partial charge in [0.15, 0.2) is 0 Å². The molecule has 0 atom stereocenters. The van der Waals surface area contributed by atoms with Crippen LogP contribution in [0.5, 0.6) is 0 Å². The third-order valence-electron chi connectivity index (χ3n) is 4.09. The number of rotatable bonds is 7. The van der Waals surface area contributed by atoms with E-state index in [1.54, 1.807) is 0 Å². The van der Waals surface area contributed by atoms with Crippen LogP contribution in [0.25, 0.3) is 0 Å². The molecule has 0 bridgehead atoms. The van der Waals surface area contributed by atoms with Crippen LogP contribution < -0.4 is 15.9 Å². The third kappa shape index (κ3) is 7.90. The van der Waals surface area contributed by atoms with Crippen LogP contribution in [0.4, 0.5) is 0 Å². The van der Waals surface area contributed by atoms with Crippen LogP contribution in [0.15, 0.2) is 87.5 Å². The number of hydrogen-bond acceptors (Lipinski definition) is 10. The maximum atomic E-state index is 11.5. The van der Waals surface area contributed by atoms with Gasteiger partial charge in [-0.05, 0) is 67.3 Å². The van der Waals surface area contributed by atoms with Gasteiger partial charge in [-0.3, -0.25) is 0 Å². The fraction of sp³-hybridized carbons (Fsp3) is 0. The van der Waals surface area contributed by atoms with E-state index < -0.39 is 61.8 Å². The summed E-state index contributed by atoms with van der Waals surface area (Å²) >= 11 is 4.30. The molecule has 34 heavy (non-hydrogen) atoms. The Morgan fingerprint density at radius 3 is 1.15 bits per heavy atom. The first-order valence-electron chi connectivity index (χ1n) is 9.52. The van der Waals surface area contributed by atoms with Crippen molar-refractivity contribution in [3.63, 3.8) is 0 Å². The molecule has 0 aromatic heterocycles. The third-order valence-corrected chi connectivity index (χ3v) is 8.97. The minimum Gasteiger partial charge on any atom is -0.744 e. The quantitative estimate of drug-likeness (QED) is 0.285. The van der Waals surface area contributed by atoms with E-state index in [4.69, 9.17) is 2.56 Å². The van der Waals surface area contributed by atoms with Gasteiger partial charge in [0.1, 0.15) is 30.4 Å². The minimum absolute atomic E-state index is 0.257. The molecule has 0 unspecified atom stereocenters. The molecule has 182 valence electrons. The Balaban J connectivity index is 0.000000830. The first-order valence-corrected chi connectivity index (χ1v) is 17.3. The zero-order chi connectivity index (χ0) is 27.3. The van der Waals surface area contributed by atoms with Crippen LogP contribution in [0.2, 0.25) is 0 Å². The first-order chi connectivity index (χ1) is 16.5. The van der Waals surface area contributed by atoms with Gasteiger partial charge in [0.05, 0.1) is 17.2 Å². The Kier molecular flexibility index (Phi) is 8.87. The molecule has 0 aliphatic carbocycles. The molecular weight excluding hydrogens is 581 g/mol. The molecule has 0 N–H and O–H groups in total. The molecule has 0 saturated heterocycles. The normalized spacial score (nSPS) is 13.2. The van der Waals surface area contributed by atoms with Crippen LogP contribution in [0.1, 0.15) is 0 Å². The van der Waals surface area contributed by atoms with Crippen molar-refractivity contribution >= 4 is 81.9 Å². The summed E-state index contributed by atoms with van der Waals surface area (Å²) in [5, 5.41) is 0.772. The van der Waals surface area contributed by atoms with Crippen molar-refractivity contribution in [1.82, 2.24) is 0 Å². The van der Waals surface area contributed by atoms with Crippen LogP contribution in [0.3, 0.4) is 0 Å². The summed E-state index contributed by atoms with van der Waals surface area (Å²) in [5.74, 6) is 0. The molecule has 3 aromatic carbocycles. The lowest BCUT2D eigenvalue weighted by Gasteiger charge is -2.22. The molecular formula is C18H14O9P3S4-3. The zero-order valence-electron chi connectivity index (χ0n) is 18.6. The van der Waals surface area contributed by atoms with Crippen LogP contribution in [-0.2, 0) is 42.2 Å². The predicted molar refractivity (Wildman–Crippen MR) is 133 cm³/mol. The van der Waals surface area contributed by atoms with Crippen molar-refractivity contribution in [2.24, 2.45) is 0 Å². The van der Waals surface area contributed by atoms with Crippen molar-refractivity contribution in [2.75, 3.05) is 0 Å². The molecule has 0 saturated carbocycles. The van der Waals surface area contributed by atoms with Crippen molar-refractivity contribution < 1.29 is 38.9 Å². The molecule has 0 fully saturated rings. The molecule has 0 spiro atoms. The molecule has 3 rings (SSSR count). The monoisotopic (exact) mass is 599 g/mol. The Labute approximate surface area is 210 Å². The Morgan fingerprint density at radius 1 is 0.676 bits per heavy atom. The second-order valence-corrected chi connectivity index (χ2v) is 14.8. The van der Waals surface area contributed by atoms with Crippen LogP contribution in [0, 0.1) is 0 Å². The largest absolute Gasteiger partial charge is 0.744 e. The van der Waals surface area contributed by atoms with Crippen LogP contribution >= 0.6 is 23.8 Å². The fourth-order valence-electron chi connectivity index (χ4n) is 2.78. The summed E-state index contributed by atoms with van der Waals surface area (Å²) < 4.78 is 116. The summed E-state index contributed by atoms with van der Waals surface area (Å²) in [5.41, 5.74) is 0. The highest BCUT2D eigenvalue weighted by atomic mass is 32.6. The molecule has 0 aliphatic rings. The average molecular weight is 600 g/mol. The molecule has 0 radical (unpaired) electrons. The van der Waals surface area contributed by atoms with Gasteiger partial charge in [-0.2, -0.15) is 0 Å². The lowest BCUT2D eigenvalue weighted by Crippen LogP contribution is -2.23. The van der Waals surface area contributed by atoms with Gasteiger partial charge in [0, 0.05) is 0 Å². The second kappa shape index (κ2) is 11.7. The van der Waals surface area contributed by atoms with Crippen molar-refractivity contribution in [3.8, 4) is 0 Å². The maximum Gasteiger partial charge on any atom is 0.124 e. The highest BCUT2D eigenvalue weighted by Gasteiger charge is 2.20. The smallest absolute Gasteiger partial charge is 0.124 e. The predicted octanol–water partition coefficient (Wildman–Crippen LogP) is 1.34. The molecule has 16 heteroatoms. The van der Waals surface area contributed by atoms with E-state index in [0.717, 1.165) is 36.4 Å². The Hall–Kier alpha value is -1.23. The number of benzene rings is 3. The van der Waals surface area contributed by atoms with Crippen molar-refractivity contribution in [1.29, 1.82) is 2.56 Å². The highest BCUT2D eigenvalue weighted by molar-refractivity contribution is 8.24. The average Bonchev–Trinajstić information content (AvgIpc) is 2.79. The summed E-state index contributed by atoms with van der Waals surface area (Å²) in [6, 6.07) is 14.8. The molecule has 0 heterocycles. The summed E-state index contributed by atoms with van der Waals surface area (Å²) in [4.78, 5) is -1.63. The van der Waals surface area contributed by atoms with Gasteiger partial charge in [0.2, 0.25) is 0 Å². The Bertz CT molecular complexity index is 1400. The summed E-state index contributed by atoms with van der Waals surface area (Å²) in [6.07, 6.45) is 0. The molecule has 9 nitrogen and oxygen atoms in total. The van der Waals surface area contributed by atoms with Gasteiger partial charge in [-0.1, -0.05) is 57.0 Å². The second-order valence-electron chi connectivity index (χ2n) is 6.27. The van der Waals surface area contributed by atoms with E-state index >= 15 is 0 Å². The standard InChI is InChI=1S/C18H15O9PS3.H2P2S/c19-29(20,21)16-7-1-4-13(10-16)28(14-5-2-8-17(11-14)30(22,23)24)15-6-3-9-18(12-15)31(25,26)27;1-2-3/h1-12H,(H,19,20,21)(H,22,23,24)(H,25,26,27);1H2/p-3/i;1T2. The van der Waals surface area contributed by atoms with E-state index in [0.29, 0.717) is 7.04 Å². The zero-order valence-corrected chi connectivity index (χ0v) is 22.5. The van der Waals surface area contributed by atoms with Crippen LogP contribution in [-0.4, -0.2) is 41.5 Å². The Morgan fingerprint density at radius 2 is 0.941 bits per heavy atom. The van der Waals surface area contributed by atoms with E-state index in [1.165, 1.54) is 36.4 Å². The van der Waals surface area contributed by atoms with Gasteiger partial charge in [-0.25, -0.2) is 25.3 Å².